The summed E-state index contributed by atoms with van der Waals surface area (Å²) >= 11 is 8.05. The molecule has 0 N–H and O–H groups in total. The zero-order chi connectivity index (χ0) is 19.4. The molecular formula is C20H21Cl2N5OS. The summed E-state index contributed by atoms with van der Waals surface area (Å²) < 4.78 is 2.04. The van der Waals surface area contributed by atoms with E-state index >= 15 is 0 Å². The second-order valence-electron chi connectivity index (χ2n) is 7.52. The van der Waals surface area contributed by atoms with E-state index in [1.54, 1.807) is 17.4 Å². The lowest BCUT2D eigenvalue weighted by Crippen LogP contribution is -2.29. The fraction of sp³-hybridized carbons (Fsp3) is 0.350. The second-order valence-corrected chi connectivity index (χ2v) is 8.79. The number of rotatable bonds is 3. The van der Waals surface area contributed by atoms with Crippen LogP contribution in [0.5, 0.6) is 0 Å². The van der Waals surface area contributed by atoms with E-state index in [1.165, 1.54) is 0 Å². The summed E-state index contributed by atoms with van der Waals surface area (Å²) in [6, 6.07) is 5.60. The number of hydrogen-bond donors (Lipinski definition) is 0. The average molecular weight is 450 g/mol. The third-order valence-electron chi connectivity index (χ3n) is 5.33. The van der Waals surface area contributed by atoms with Gasteiger partial charge in [-0.05, 0) is 39.1 Å². The van der Waals surface area contributed by atoms with Crippen LogP contribution in [0.3, 0.4) is 0 Å². The lowest BCUT2D eigenvalue weighted by molar-refractivity contribution is 0.0739. The van der Waals surface area contributed by atoms with Crippen LogP contribution >= 0.6 is 35.3 Å². The minimum absolute atomic E-state index is 0. The predicted molar refractivity (Wildman–Crippen MR) is 117 cm³/mol. The van der Waals surface area contributed by atoms with Gasteiger partial charge in [0.1, 0.15) is 17.0 Å². The zero-order valence-corrected chi connectivity index (χ0v) is 18.5. The van der Waals surface area contributed by atoms with Crippen molar-refractivity contribution in [2.45, 2.75) is 25.4 Å². The van der Waals surface area contributed by atoms with E-state index in [0.717, 1.165) is 53.7 Å². The highest BCUT2D eigenvalue weighted by atomic mass is 35.5. The minimum atomic E-state index is -0.00494. The maximum Gasteiger partial charge on any atom is 0.258 e. The summed E-state index contributed by atoms with van der Waals surface area (Å²) in [5.41, 5.74) is 4.30. The molecule has 6 nitrogen and oxygen atoms in total. The third-order valence-corrected chi connectivity index (χ3v) is 6.54. The molecule has 0 radical (unpaired) electrons. The number of benzene rings is 1. The molecule has 2 aliphatic rings. The summed E-state index contributed by atoms with van der Waals surface area (Å²) in [7, 11) is 4.06. The lowest BCUT2D eigenvalue weighted by Gasteiger charge is -2.23. The van der Waals surface area contributed by atoms with Crippen LogP contribution in [0.25, 0.3) is 16.4 Å². The number of carbonyl (C=O) groups is 1. The van der Waals surface area contributed by atoms with Crippen molar-refractivity contribution in [3.05, 3.63) is 51.9 Å². The van der Waals surface area contributed by atoms with Crippen LogP contribution in [0.4, 0.5) is 0 Å². The smallest absolute Gasteiger partial charge is 0.258 e. The van der Waals surface area contributed by atoms with Crippen LogP contribution in [-0.4, -0.2) is 50.9 Å². The maximum absolute atomic E-state index is 13.3. The number of halogens is 2. The molecule has 1 amide bonds. The van der Waals surface area contributed by atoms with Crippen molar-refractivity contribution in [3.8, 4) is 16.4 Å². The van der Waals surface area contributed by atoms with Crippen molar-refractivity contribution in [1.29, 1.82) is 0 Å². The molecule has 3 aromatic rings. The summed E-state index contributed by atoms with van der Waals surface area (Å²) in [6.07, 6.45) is 3.71. The standard InChI is InChI=1S/C20H20ClN5OS.ClH/c1-24(2)9-12-10-28-19(23-12)17-18-15-7-4-8-25(15)20(27)16-13(21)5-3-6-14(16)26(18)11-22-17;/h3,5-6,10-11,15H,4,7-9H2,1-2H3;1H/t15-;/m0./s1. The number of hydrogen-bond acceptors (Lipinski definition) is 5. The Morgan fingerprint density at radius 3 is 2.97 bits per heavy atom. The number of imidazole rings is 1. The number of carbonyl (C=O) groups excluding carboxylic acids is 1. The highest BCUT2D eigenvalue weighted by Gasteiger charge is 2.40. The van der Waals surface area contributed by atoms with E-state index in [1.807, 2.05) is 42.0 Å². The molecule has 0 bridgehead atoms. The van der Waals surface area contributed by atoms with Gasteiger partial charge in [-0.1, -0.05) is 17.7 Å². The van der Waals surface area contributed by atoms with E-state index in [4.69, 9.17) is 21.6 Å². The van der Waals surface area contributed by atoms with Crippen molar-refractivity contribution in [2.24, 2.45) is 0 Å². The molecule has 0 spiro atoms. The Balaban J connectivity index is 0.00000205. The Morgan fingerprint density at radius 2 is 2.17 bits per heavy atom. The van der Waals surface area contributed by atoms with Crippen LogP contribution in [0.1, 0.15) is 40.6 Å². The molecule has 1 fully saturated rings. The van der Waals surface area contributed by atoms with Gasteiger partial charge in [-0.15, -0.1) is 23.7 Å². The molecule has 5 rings (SSSR count). The molecule has 1 aromatic carbocycles. The van der Waals surface area contributed by atoms with Crippen LogP contribution in [-0.2, 0) is 6.54 Å². The maximum atomic E-state index is 13.3. The molecule has 1 saturated heterocycles. The first-order valence-corrected chi connectivity index (χ1v) is 10.6. The Bertz CT molecular complexity index is 1080. The van der Waals surface area contributed by atoms with Crippen molar-refractivity contribution < 1.29 is 4.79 Å². The first-order chi connectivity index (χ1) is 13.5. The number of fused-ring (bicyclic) bond motifs is 5. The molecule has 0 aliphatic carbocycles. The summed E-state index contributed by atoms with van der Waals surface area (Å²) in [5.74, 6) is 0.00480. The summed E-state index contributed by atoms with van der Waals surface area (Å²) in [4.78, 5) is 26.9. The quantitative estimate of drug-likeness (QED) is 0.593. The summed E-state index contributed by atoms with van der Waals surface area (Å²) in [5, 5.41) is 3.47. The minimum Gasteiger partial charge on any atom is -0.330 e. The van der Waals surface area contributed by atoms with Crippen molar-refractivity contribution in [1.82, 2.24) is 24.3 Å². The Morgan fingerprint density at radius 1 is 1.34 bits per heavy atom. The van der Waals surface area contributed by atoms with Crippen LogP contribution in [0, 0.1) is 0 Å². The lowest BCUT2D eigenvalue weighted by atomic mass is 10.1. The molecule has 152 valence electrons. The van der Waals surface area contributed by atoms with Gasteiger partial charge in [-0.2, -0.15) is 0 Å². The van der Waals surface area contributed by atoms with Gasteiger partial charge in [0, 0.05) is 18.5 Å². The van der Waals surface area contributed by atoms with Crippen LogP contribution in [0.15, 0.2) is 29.9 Å². The third kappa shape index (κ3) is 3.26. The predicted octanol–water partition coefficient (Wildman–Crippen LogP) is 4.42. The first kappa shape index (κ1) is 20.3. The Kier molecular flexibility index (Phi) is 5.42. The second kappa shape index (κ2) is 7.72. The van der Waals surface area contributed by atoms with Gasteiger partial charge in [0.25, 0.3) is 5.91 Å². The normalized spacial score (nSPS) is 17.6. The van der Waals surface area contributed by atoms with Gasteiger partial charge in [0.05, 0.1) is 33.7 Å². The average Bonchev–Trinajstić information content (AvgIpc) is 3.37. The highest BCUT2D eigenvalue weighted by Crippen LogP contribution is 2.43. The van der Waals surface area contributed by atoms with E-state index in [2.05, 4.69) is 10.3 Å². The van der Waals surface area contributed by atoms with Crippen molar-refractivity contribution >= 4 is 41.3 Å². The molecule has 29 heavy (non-hydrogen) atoms. The number of amides is 1. The van der Waals surface area contributed by atoms with E-state index in [0.29, 0.717) is 10.6 Å². The van der Waals surface area contributed by atoms with E-state index < -0.39 is 0 Å². The highest BCUT2D eigenvalue weighted by molar-refractivity contribution is 7.13. The topological polar surface area (TPSA) is 54.3 Å². The van der Waals surface area contributed by atoms with Gasteiger partial charge < -0.3 is 9.80 Å². The molecule has 2 aliphatic heterocycles. The van der Waals surface area contributed by atoms with Gasteiger partial charge in [-0.25, -0.2) is 9.97 Å². The number of thiazole rings is 1. The molecule has 1 atom stereocenters. The van der Waals surface area contributed by atoms with Gasteiger partial charge in [0.15, 0.2) is 0 Å². The van der Waals surface area contributed by atoms with E-state index in [9.17, 15) is 4.79 Å². The van der Waals surface area contributed by atoms with Gasteiger partial charge in [0.2, 0.25) is 0 Å². The Labute approximate surface area is 184 Å². The molecule has 4 heterocycles. The first-order valence-electron chi connectivity index (χ1n) is 9.31. The van der Waals surface area contributed by atoms with E-state index in [-0.39, 0.29) is 24.4 Å². The fourth-order valence-corrected chi connectivity index (χ4v) is 5.27. The largest absolute Gasteiger partial charge is 0.330 e. The Hall–Kier alpha value is -1.93. The molecule has 0 saturated carbocycles. The molecular weight excluding hydrogens is 429 g/mol. The number of aromatic nitrogens is 3. The van der Waals surface area contributed by atoms with Crippen LogP contribution < -0.4 is 0 Å². The monoisotopic (exact) mass is 449 g/mol. The van der Waals surface area contributed by atoms with Crippen molar-refractivity contribution in [3.63, 3.8) is 0 Å². The van der Waals surface area contributed by atoms with Gasteiger partial charge in [-0.3, -0.25) is 9.36 Å². The van der Waals surface area contributed by atoms with Crippen molar-refractivity contribution in [2.75, 3.05) is 20.6 Å². The summed E-state index contributed by atoms with van der Waals surface area (Å²) in [6.45, 7) is 1.53. The molecule has 2 aromatic heterocycles. The fourth-order valence-electron chi connectivity index (χ4n) is 4.21. The zero-order valence-electron chi connectivity index (χ0n) is 16.1. The number of nitrogens with zero attached hydrogens (tertiary/aromatic N) is 5. The molecule has 9 heteroatoms. The SMILES string of the molecule is CN(C)Cc1csc(-c2ncn3c2[C@@H]2CCCN2C(=O)c2c(Cl)cccc2-3)n1.Cl. The molecule has 0 unspecified atom stereocenters. The van der Waals surface area contributed by atoms with Gasteiger partial charge >= 0.3 is 0 Å². The van der Waals surface area contributed by atoms with Crippen LogP contribution in [0.2, 0.25) is 5.02 Å².